The van der Waals surface area contributed by atoms with Crippen LogP contribution in [0.25, 0.3) is 11.5 Å². The van der Waals surface area contributed by atoms with Gasteiger partial charge in [-0.3, -0.25) is 4.99 Å². The number of aliphatic imine (C=N–C) groups is 1. The molecule has 34 heavy (non-hydrogen) atoms. The first kappa shape index (κ1) is 26.2. The molecule has 0 unspecified atom stereocenters. The number of guanidine groups is 1. The van der Waals surface area contributed by atoms with E-state index in [1.807, 2.05) is 12.1 Å². The largest absolute Gasteiger partial charge is 0.444 e. The Morgan fingerprint density at radius 3 is 2.56 bits per heavy atom. The Labute approximate surface area is 218 Å². The first-order chi connectivity index (χ1) is 16.2. The quantitative estimate of drug-likeness (QED) is 0.227. The fraction of sp³-hybridized carbons (Fsp3) is 0.385. The summed E-state index contributed by atoms with van der Waals surface area (Å²) in [7, 11) is 1.76. The lowest BCUT2D eigenvalue weighted by Crippen LogP contribution is -2.36. The molecule has 2 aromatic carbocycles. The highest BCUT2D eigenvalue weighted by molar-refractivity contribution is 14.0. The summed E-state index contributed by atoms with van der Waals surface area (Å²) in [6.45, 7) is 5.46. The van der Waals surface area contributed by atoms with Crippen LogP contribution in [-0.2, 0) is 29.2 Å². The van der Waals surface area contributed by atoms with Gasteiger partial charge in [-0.2, -0.15) is 0 Å². The summed E-state index contributed by atoms with van der Waals surface area (Å²) < 4.78 is 17.1. The van der Waals surface area contributed by atoms with E-state index in [-0.39, 0.29) is 24.0 Å². The minimum atomic E-state index is 0. The molecule has 1 saturated heterocycles. The van der Waals surface area contributed by atoms with Crippen molar-refractivity contribution in [3.05, 3.63) is 77.2 Å². The summed E-state index contributed by atoms with van der Waals surface area (Å²) in [5.74, 6) is 1.33. The fourth-order valence-electron chi connectivity index (χ4n) is 3.68. The molecular formula is C26H33IN4O3. The lowest BCUT2D eigenvalue weighted by Gasteiger charge is -2.22. The average molecular weight is 576 g/mol. The van der Waals surface area contributed by atoms with Gasteiger partial charge in [-0.05, 0) is 43.0 Å². The summed E-state index contributed by atoms with van der Waals surface area (Å²) in [5.41, 5.74) is 5.35. The number of halogens is 1. The second-order valence-corrected chi connectivity index (χ2v) is 8.23. The Hall–Kier alpha value is -2.43. The van der Waals surface area contributed by atoms with Gasteiger partial charge in [0.05, 0.1) is 24.9 Å². The highest BCUT2D eigenvalue weighted by Gasteiger charge is 2.14. The van der Waals surface area contributed by atoms with E-state index in [2.05, 4.69) is 63.9 Å². The number of nitrogens with zero attached hydrogens (tertiary/aromatic N) is 2. The summed E-state index contributed by atoms with van der Waals surface area (Å²) >= 11 is 0. The number of oxazole rings is 1. The third-order valence-electron chi connectivity index (χ3n) is 5.62. The molecule has 0 amide bonds. The van der Waals surface area contributed by atoms with E-state index in [1.165, 1.54) is 16.7 Å². The molecule has 0 bridgehead atoms. The minimum absolute atomic E-state index is 0. The third-order valence-corrected chi connectivity index (χ3v) is 5.62. The normalized spacial score (nSPS) is 14.5. The molecular weight excluding hydrogens is 543 g/mol. The van der Waals surface area contributed by atoms with Crippen molar-refractivity contribution in [3.63, 3.8) is 0 Å². The van der Waals surface area contributed by atoms with Crippen LogP contribution in [0.2, 0.25) is 0 Å². The van der Waals surface area contributed by atoms with Crippen molar-refractivity contribution in [1.29, 1.82) is 0 Å². The molecule has 1 aromatic heterocycles. The molecule has 0 atom stereocenters. The number of hydrogen-bond acceptors (Lipinski definition) is 5. The van der Waals surface area contributed by atoms with E-state index in [1.54, 1.807) is 13.3 Å². The maximum atomic E-state index is 6.05. The molecule has 0 radical (unpaired) electrons. The van der Waals surface area contributed by atoms with Gasteiger partial charge in [0.2, 0.25) is 5.89 Å². The predicted octanol–water partition coefficient (Wildman–Crippen LogP) is 4.83. The molecule has 1 aliphatic heterocycles. The van der Waals surface area contributed by atoms with E-state index in [4.69, 9.17) is 13.9 Å². The molecule has 3 aromatic rings. The van der Waals surface area contributed by atoms with Crippen molar-refractivity contribution in [2.45, 2.75) is 45.6 Å². The van der Waals surface area contributed by atoms with Gasteiger partial charge in [-0.25, -0.2) is 4.98 Å². The summed E-state index contributed by atoms with van der Waals surface area (Å²) in [6, 6.07) is 16.6. The van der Waals surface area contributed by atoms with E-state index in [0.717, 1.165) is 37.3 Å². The zero-order valence-electron chi connectivity index (χ0n) is 19.8. The SMILES string of the molecule is CN=C(NCc1cccc(COC2CCOCC2)c1)NCc1coc(-c2ccc(C)cc2)n1.I. The molecule has 8 heteroatoms. The summed E-state index contributed by atoms with van der Waals surface area (Å²) in [5, 5.41) is 6.65. The fourth-order valence-corrected chi connectivity index (χ4v) is 3.68. The number of hydrogen-bond donors (Lipinski definition) is 2. The van der Waals surface area contributed by atoms with Crippen molar-refractivity contribution in [2.75, 3.05) is 20.3 Å². The number of aryl methyl sites for hydroxylation is 1. The molecule has 0 saturated carbocycles. The van der Waals surface area contributed by atoms with Crippen molar-refractivity contribution >= 4 is 29.9 Å². The van der Waals surface area contributed by atoms with Gasteiger partial charge in [0.15, 0.2) is 5.96 Å². The van der Waals surface area contributed by atoms with Crippen LogP contribution in [0, 0.1) is 6.92 Å². The summed E-state index contributed by atoms with van der Waals surface area (Å²) in [4.78, 5) is 8.88. The Bertz CT molecular complexity index is 1050. The van der Waals surface area contributed by atoms with E-state index in [9.17, 15) is 0 Å². The van der Waals surface area contributed by atoms with E-state index < -0.39 is 0 Å². The molecule has 2 N–H and O–H groups in total. The van der Waals surface area contributed by atoms with Crippen LogP contribution in [0.1, 0.15) is 35.2 Å². The van der Waals surface area contributed by atoms with Crippen LogP contribution in [0.3, 0.4) is 0 Å². The van der Waals surface area contributed by atoms with Gasteiger partial charge >= 0.3 is 0 Å². The van der Waals surface area contributed by atoms with Gasteiger partial charge < -0.3 is 24.5 Å². The highest BCUT2D eigenvalue weighted by Crippen LogP contribution is 2.19. The lowest BCUT2D eigenvalue weighted by atomic mass is 10.1. The van der Waals surface area contributed by atoms with Crippen molar-refractivity contribution in [3.8, 4) is 11.5 Å². The molecule has 1 fully saturated rings. The summed E-state index contributed by atoms with van der Waals surface area (Å²) in [6.07, 6.45) is 3.92. The Kier molecular flexibility index (Phi) is 10.4. The maximum absolute atomic E-state index is 6.05. The minimum Gasteiger partial charge on any atom is -0.444 e. The molecule has 182 valence electrons. The van der Waals surface area contributed by atoms with Crippen LogP contribution >= 0.6 is 24.0 Å². The van der Waals surface area contributed by atoms with Crippen LogP contribution in [0.4, 0.5) is 0 Å². The number of nitrogens with one attached hydrogen (secondary N) is 2. The average Bonchev–Trinajstić information content (AvgIpc) is 3.33. The van der Waals surface area contributed by atoms with Crippen LogP contribution < -0.4 is 10.6 Å². The Balaban J connectivity index is 0.00000324. The van der Waals surface area contributed by atoms with Gasteiger partial charge in [-0.15, -0.1) is 24.0 Å². The van der Waals surface area contributed by atoms with E-state index in [0.29, 0.717) is 37.7 Å². The number of rotatable bonds is 8. The van der Waals surface area contributed by atoms with Crippen molar-refractivity contribution in [1.82, 2.24) is 15.6 Å². The van der Waals surface area contributed by atoms with Gasteiger partial charge in [0.25, 0.3) is 0 Å². The predicted molar refractivity (Wildman–Crippen MR) is 144 cm³/mol. The van der Waals surface area contributed by atoms with E-state index >= 15 is 0 Å². The first-order valence-electron chi connectivity index (χ1n) is 11.4. The first-order valence-corrected chi connectivity index (χ1v) is 11.4. The smallest absolute Gasteiger partial charge is 0.226 e. The Morgan fingerprint density at radius 2 is 1.79 bits per heavy atom. The number of benzene rings is 2. The zero-order chi connectivity index (χ0) is 22.9. The third kappa shape index (κ3) is 7.82. The Morgan fingerprint density at radius 1 is 1.06 bits per heavy atom. The second-order valence-electron chi connectivity index (χ2n) is 8.23. The molecule has 1 aliphatic rings. The van der Waals surface area contributed by atoms with Crippen LogP contribution in [-0.4, -0.2) is 37.3 Å². The molecule has 0 aliphatic carbocycles. The van der Waals surface area contributed by atoms with Gasteiger partial charge in [0, 0.05) is 32.4 Å². The molecule has 0 spiro atoms. The maximum Gasteiger partial charge on any atom is 0.226 e. The van der Waals surface area contributed by atoms with Gasteiger partial charge in [0.1, 0.15) is 6.26 Å². The second kappa shape index (κ2) is 13.5. The van der Waals surface area contributed by atoms with Crippen LogP contribution in [0.5, 0.6) is 0 Å². The molecule has 4 rings (SSSR count). The standard InChI is InChI=1S/C26H32N4O3.HI/c1-19-6-8-22(9-7-19)25-30-23(18-33-25)16-29-26(27-2)28-15-20-4-3-5-21(14-20)17-32-24-10-12-31-13-11-24;/h3-9,14,18,24H,10-13,15-17H2,1-2H3,(H2,27,28,29);1H. The van der Waals surface area contributed by atoms with Crippen LogP contribution in [0.15, 0.2) is 64.2 Å². The zero-order valence-corrected chi connectivity index (χ0v) is 22.1. The topological polar surface area (TPSA) is 80.9 Å². The van der Waals surface area contributed by atoms with Crippen molar-refractivity contribution < 1.29 is 13.9 Å². The number of aromatic nitrogens is 1. The van der Waals surface area contributed by atoms with Gasteiger partial charge in [-0.1, -0.05) is 42.0 Å². The lowest BCUT2D eigenvalue weighted by molar-refractivity contribution is -0.0390. The number of ether oxygens (including phenoxy) is 2. The monoisotopic (exact) mass is 576 g/mol. The highest BCUT2D eigenvalue weighted by atomic mass is 127. The van der Waals surface area contributed by atoms with Crippen molar-refractivity contribution in [2.24, 2.45) is 4.99 Å². The molecule has 2 heterocycles. The molecule has 7 nitrogen and oxygen atoms in total.